The van der Waals surface area contributed by atoms with Crippen LogP contribution < -0.4 is 0 Å². The Kier molecular flexibility index (Phi) is 4.29. The second kappa shape index (κ2) is 4.42. The second-order valence-electron chi connectivity index (χ2n) is 4.89. The summed E-state index contributed by atoms with van der Waals surface area (Å²) < 4.78 is 5.50. The van der Waals surface area contributed by atoms with Crippen LogP contribution in [-0.2, 0) is 9.22 Å². The lowest BCUT2D eigenvalue weighted by atomic mass is 10.2. The summed E-state index contributed by atoms with van der Waals surface area (Å²) in [5, 5.41) is 17.5. The summed E-state index contributed by atoms with van der Waals surface area (Å²) in [4.78, 5) is 10.7. The molecule has 0 amide bonds. The van der Waals surface area contributed by atoms with Crippen molar-refractivity contribution in [3.05, 3.63) is 0 Å². The van der Waals surface area contributed by atoms with Crippen LogP contribution in [-0.4, -0.2) is 37.2 Å². The zero-order valence-corrected chi connectivity index (χ0v) is 10.5. The molecule has 0 aromatic rings. The number of carbonyl (C=O) groups is 1. The van der Waals surface area contributed by atoms with E-state index in [1.165, 1.54) is 0 Å². The molecule has 0 aliphatic rings. The van der Waals surface area contributed by atoms with Gasteiger partial charge < -0.3 is 14.6 Å². The standard InChI is InChI=1S/C9H20O4Si/c1-9(2,3)14(4,5)13-7(6-10)8(11)12/h7,10H,6H2,1-5H3,(H,11,12)/t7-/m0/s1. The van der Waals surface area contributed by atoms with Crippen LogP contribution in [0, 0.1) is 0 Å². The highest BCUT2D eigenvalue weighted by Crippen LogP contribution is 2.37. The quantitative estimate of drug-likeness (QED) is 0.704. The molecule has 5 heteroatoms. The van der Waals surface area contributed by atoms with Crippen molar-refractivity contribution in [1.29, 1.82) is 0 Å². The van der Waals surface area contributed by atoms with Crippen LogP contribution >= 0.6 is 0 Å². The molecule has 1 atom stereocenters. The number of carboxylic acid groups (broad SMARTS) is 1. The Labute approximate surface area is 86.0 Å². The molecule has 0 fully saturated rings. The Morgan fingerprint density at radius 3 is 2.07 bits per heavy atom. The number of aliphatic hydroxyl groups is 1. The fraction of sp³-hybridized carbons (Fsp3) is 0.889. The summed E-state index contributed by atoms with van der Waals surface area (Å²) in [5.74, 6) is -1.10. The average molecular weight is 220 g/mol. The molecule has 0 saturated heterocycles. The van der Waals surface area contributed by atoms with Gasteiger partial charge in [0.15, 0.2) is 14.4 Å². The molecule has 4 nitrogen and oxygen atoms in total. The van der Waals surface area contributed by atoms with E-state index < -0.39 is 27.0 Å². The molecule has 0 spiro atoms. The predicted molar refractivity (Wildman–Crippen MR) is 56.8 cm³/mol. The predicted octanol–water partition coefficient (Wildman–Crippen LogP) is 1.45. The van der Waals surface area contributed by atoms with Crippen molar-refractivity contribution in [2.45, 2.75) is 45.0 Å². The van der Waals surface area contributed by atoms with Gasteiger partial charge in [0.25, 0.3) is 0 Å². The smallest absolute Gasteiger partial charge is 0.334 e. The van der Waals surface area contributed by atoms with Gasteiger partial charge in [0.1, 0.15) is 0 Å². The molecular formula is C9H20O4Si. The number of hydrogen-bond donors (Lipinski definition) is 2. The summed E-state index contributed by atoms with van der Waals surface area (Å²) >= 11 is 0. The van der Waals surface area contributed by atoms with Crippen molar-refractivity contribution in [1.82, 2.24) is 0 Å². The van der Waals surface area contributed by atoms with Crippen LogP contribution in [0.4, 0.5) is 0 Å². The highest BCUT2D eigenvalue weighted by molar-refractivity contribution is 6.74. The van der Waals surface area contributed by atoms with Crippen LogP contribution in [0.25, 0.3) is 0 Å². The number of rotatable bonds is 4. The molecule has 0 radical (unpaired) electrons. The van der Waals surface area contributed by atoms with Gasteiger partial charge in [-0.05, 0) is 18.1 Å². The van der Waals surface area contributed by atoms with Gasteiger partial charge in [-0.15, -0.1) is 0 Å². The van der Waals surface area contributed by atoms with E-state index in [1.54, 1.807) is 0 Å². The van der Waals surface area contributed by atoms with Gasteiger partial charge in [-0.25, -0.2) is 4.79 Å². The van der Waals surface area contributed by atoms with E-state index >= 15 is 0 Å². The topological polar surface area (TPSA) is 66.8 Å². The van der Waals surface area contributed by atoms with Gasteiger partial charge in [0.05, 0.1) is 6.61 Å². The van der Waals surface area contributed by atoms with Gasteiger partial charge in [0, 0.05) is 0 Å². The lowest BCUT2D eigenvalue weighted by Gasteiger charge is -2.37. The first-order valence-corrected chi connectivity index (χ1v) is 7.54. The molecule has 0 rings (SSSR count). The highest BCUT2D eigenvalue weighted by atomic mass is 28.4. The van der Waals surface area contributed by atoms with E-state index in [1.807, 2.05) is 33.9 Å². The van der Waals surface area contributed by atoms with Crippen molar-refractivity contribution in [3.8, 4) is 0 Å². The second-order valence-corrected chi connectivity index (χ2v) is 9.64. The molecule has 2 N–H and O–H groups in total. The number of aliphatic carboxylic acids is 1. The summed E-state index contributed by atoms with van der Waals surface area (Å²) in [5.41, 5.74) is 0. The average Bonchev–Trinajstić information content (AvgIpc) is 1.97. The molecule has 14 heavy (non-hydrogen) atoms. The van der Waals surface area contributed by atoms with E-state index in [2.05, 4.69) is 0 Å². The van der Waals surface area contributed by atoms with Crippen molar-refractivity contribution in [2.75, 3.05) is 6.61 Å². The molecule has 0 saturated carbocycles. The molecular weight excluding hydrogens is 200 g/mol. The summed E-state index contributed by atoms with van der Waals surface area (Å²) in [7, 11) is -2.09. The van der Waals surface area contributed by atoms with Gasteiger partial charge in [-0.1, -0.05) is 20.8 Å². The Balaban J connectivity index is 4.56. The van der Waals surface area contributed by atoms with E-state index in [0.29, 0.717) is 0 Å². The summed E-state index contributed by atoms with van der Waals surface area (Å²) in [6, 6.07) is 0. The number of hydrogen-bond acceptors (Lipinski definition) is 3. The highest BCUT2D eigenvalue weighted by Gasteiger charge is 2.40. The minimum absolute atomic E-state index is 0.0458. The Bertz CT molecular complexity index is 207. The zero-order valence-electron chi connectivity index (χ0n) is 9.50. The third-order valence-corrected chi connectivity index (χ3v) is 7.17. The number of carboxylic acids is 1. The first-order valence-electron chi connectivity index (χ1n) is 4.63. The van der Waals surface area contributed by atoms with Crippen LogP contribution in [0.5, 0.6) is 0 Å². The van der Waals surface area contributed by atoms with Gasteiger partial charge in [0.2, 0.25) is 0 Å². The molecule has 0 aromatic heterocycles. The van der Waals surface area contributed by atoms with Gasteiger partial charge in [-0.2, -0.15) is 0 Å². The maximum atomic E-state index is 10.7. The zero-order chi connectivity index (χ0) is 11.6. The van der Waals surface area contributed by atoms with Crippen molar-refractivity contribution < 1.29 is 19.4 Å². The van der Waals surface area contributed by atoms with E-state index in [9.17, 15) is 4.79 Å². The molecule has 0 bridgehead atoms. The lowest BCUT2D eigenvalue weighted by molar-refractivity contribution is -0.147. The van der Waals surface area contributed by atoms with Crippen molar-refractivity contribution >= 4 is 14.3 Å². The SMILES string of the molecule is CC(C)(C)[Si](C)(C)O[C@@H](CO)C(=O)O. The van der Waals surface area contributed by atoms with Crippen LogP contribution in [0.3, 0.4) is 0 Å². The third kappa shape index (κ3) is 3.40. The maximum Gasteiger partial charge on any atom is 0.334 e. The first kappa shape index (κ1) is 13.6. The Hall–Kier alpha value is -0.393. The van der Waals surface area contributed by atoms with Crippen molar-refractivity contribution in [3.63, 3.8) is 0 Å². The molecule has 0 aliphatic heterocycles. The maximum absolute atomic E-state index is 10.7. The van der Waals surface area contributed by atoms with Gasteiger partial charge >= 0.3 is 5.97 Å². The third-order valence-electron chi connectivity index (χ3n) is 2.68. The summed E-state index contributed by atoms with van der Waals surface area (Å²) in [6.07, 6.45) is -1.09. The molecule has 0 aromatic carbocycles. The fourth-order valence-corrected chi connectivity index (χ4v) is 1.94. The minimum atomic E-state index is -2.09. The molecule has 0 unspecified atom stereocenters. The van der Waals surface area contributed by atoms with Crippen LogP contribution in [0.2, 0.25) is 18.1 Å². The van der Waals surface area contributed by atoms with E-state index in [0.717, 1.165) is 0 Å². The van der Waals surface area contributed by atoms with E-state index in [-0.39, 0.29) is 5.04 Å². The number of aliphatic hydroxyl groups excluding tert-OH is 1. The molecule has 0 aliphatic carbocycles. The fourth-order valence-electron chi connectivity index (χ4n) is 0.698. The molecule has 84 valence electrons. The minimum Gasteiger partial charge on any atom is -0.479 e. The Morgan fingerprint density at radius 2 is 1.86 bits per heavy atom. The lowest BCUT2D eigenvalue weighted by Crippen LogP contribution is -2.47. The van der Waals surface area contributed by atoms with Crippen LogP contribution in [0.1, 0.15) is 20.8 Å². The van der Waals surface area contributed by atoms with Crippen LogP contribution in [0.15, 0.2) is 0 Å². The molecule has 0 heterocycles. The van der Waals surface area contributed by atoms with Crippen molar-refractivity contribution in [2.24, 2.45) is 0 Å². The van der Waals surface area contributed by atoms with E-state index in [4.69, 9.17) is 14.6 Å². The normalized spacial score (nSPS) is 15.3. The largest absolute Gasteiger partial charge is 0.479 e. The summed E-state index contributed by atoms with van der Waals surface area (Å²) in [6.45, 7) is 9.51. The Morgan fingerprint density at radius 1 is 1.43 bits per heavy atom. The first-order chi connectivity index (χ1) is 6.12. The monoisotopic (exact) mass is 220 g/mol. The van der Waals surface area contributed by atoms with Gasteiger partial charge in [-0.3, -0.25) is 0 Å².